The number of nitrogens with zero attached hydrogens (tertiary/aromatic N) is 3. The Kier molecular flexibility index (Phi) is 13.4. The van der Waals surface area contributed by atoms with Gasteiger partial charge in [0.2, 0.25) is 0 Å². The highest BCUT2D eigenvalue weighted by atomic mass is 16.5. The number of esters is 3. The number of aromatic nitrogens is 3. The lowest BCUT2D eigenvalue weighted by molar-refractivity contribution is -0.136. The zero-order valence-corrected chi connectivity index (χ0v) is 31.9. The molecule has 0 aliphatic heterocycles. The predicted molar refractivity (Wildman–Crippen MR) is 224 cm³/mol. The molecule has 3 aromatic carbocycles. The maximum atomic E-state index is 13.4. The molecule has 0 aliphatic carbocycles. The highest BCUT2D eigenvalue weighted by Crippen LogP contribution is 2.29. The fourth-order valence-corrected chi connectivity index (χ4v) is 6.01. The van der Waals surface area contributed by atoms with Gasteiger partial charge in [0, 0.05) is 12.4 Å². The number of carbonyl (C=O) groups excluding carboxylic acids is 3. The molecule has 6 aromatic rings. The van der Waals surface area contributed by atoms with E-state index in [-0.39, 0.29) is 19.8 Å². The number of benzene rings is 3. The zero-order chi connectivity index (χ0) is 40.0. The Balaban J connectivity index is 1.51. The van der Waals surface area contributed by atoms with E-state index in [4.69, 9.17) is 19.2 Å². The van der Waals surface area contributed by atoms with Gasteiger partial charge in [-0.1, -0.05) is 91.0 Å². The van der Waals surface area contributed by atoms with Crippen LogP contribution in [0.5, 0.6) is 0 Å². The first-order valence-corrected chi connectivity index (χ1v) is 18.6. The van der Waals surface area contributed by atoms with Crippen molar-refractivity contribution in [3.63, 3.8) is 0 Å². The second kappa shape index (κ2) is 19.4. The lowest BCUT2D eigenvalue weighted by Gasteiger charge is -2.11. The third-order valence-corrected chi connectivity index (χ3v) is 8.61. The normalized spacial score (nSPS) is 11.8. The molecular formula is C48H41N3O6. The van der Waals surface area contributed by atoms with Crippen LogP contribution in [-0.4, -0.2) is 52.7 Å². The molecule has 9 heteroatoms. The summed E-state index contributed by atoms with van der Waals surface area (Å²) in [5.74, 6) is -1.36. The summed E-state index contributed by atoms with van der Waals surface area (Å²) in [6.45, 7) is 5.97. The van der Waals surface area contributed by atoms with Gasteiger partial charge in [0.05, 0.1) is 59.3 Å². The van der Waals surface area contributed by atoms with Crippen LogP contribution in [0.2, 0.25) is 0 Å². The Bertz CT molecular complexity index is 2310. The van der Waals surface area contributed by atoms with Crippen LogP contribution >= 0.6 is 0 Å². The third kappa shape index (κ3) is 10.3. The summed E-state index contributed by atoms with van der Waals surface area (Å²) in [7, 11) is 0. The summed E-state index contributed by atoms with van der Waals surface area (Å²) in [6, 6.07) is 38.9. The lowest BCUT2D eigenvalue weighted by Crippen LogP contribution is -2.07. The Morgan fingerprint density at radius 1 is 0.439 bits per heavy atom. The number of carbonyl (C=O) groups is 3. The largest absolute Gasteiger partial charge is 0.462 e. The van der Waals surface area contributed by atoms with Crippen molar-refractivity contribution in [2.24, 2.45) is 0 Å². The fraction of sp³-hybridized carbons (Fsp3) is 0.125. The van der Waals surface area contributed by atoms with Gasteiger partial charge >= 0.3 is 17.9 Å². The van der Waals surface area contributed by atoms with Crippen LogP contribution in [-0.2, 0) is 28.6 Å². The van der Waals surface area contributed by atoms with E-state index in [1.54, 1.807) is 63.5 Å². The maximum absolute atomic E-state index is 13.4. The molecule has 0 N–H and O–H groups in total. The first kappa shape index (κ1) is 39.4. The summed E-state index contributed by atoms with van der Waals surface area (Å²) in [5.41, 5.74) is 7.31. The molecule has 0 bridgehead atoms. The van der Waals surface area contributed by atoms with E-state index in [0.717, 1.165) is 0 Å². The highest BCUT2D eigenvalue weighted by Gasteiger charge is 2.18. The monoisotopic (exact) mass is 755 g/mol. The molecule has 0 aliphatic rings. The minimum Gasteiger partial charge on any atom is -0.462 e. The van der Waals surface area contributed by atoms with Crippen LogP contribution in [0.25, 0.3) is 57.7 Å². The molecule has 0 saturated carbocycles. The van der Waals surface area contributed by atoms with E-state index in [0.29, 0.717) is 72.9 Å². The molecule has 3 aromatic heterocycles. The van der Waals surface area contributed by atoms with Crippen molar-refractivity contribution in [1.82, 2.24) is 15.0 Å². The van der Waals surface area contributed by atoms with Gasteiger partial charge in [-0.15, -0.1) is 0 Å². The van der Waals surface area contributed by atoms with E-state index in [9.17, 15) is 14.4 Å². The van der Waals surface area contributed by atoms with E-state index in [1.807, 2.05) is 115 Å². The van der Waals surface area contributed by atoms with Gasteiger partial charge in [0.15, 0.2) is 0 Å². The molecule has 0 atom stereocenters. The molecule has 0 saturated heterocycles. The van der Waals surface area contributed by atoms with E-state index in [2.05, 4.69) is 9.97 Å². The molecule has 284 valence electrons. The molecule has 57 heavy (non-hydrogen) atoms. The topological polar surface area (TPSA) is 118 Å². The fourth-order valence-electron chi connectivity index (χ4n) is 6.01. The van der Waals surface area contributed by atoms with Crippen molar-refractivity contribution < 1.29 is 28.6 Å². The minimum absolute atomic E-state index is 0.206. The van der Waals surface area contributed by atoms with Crippen LogP contribution < -0.4 is 0 Å². The van der Waals surface area contributed by atoms with Gasteiger partial charge in [0.25, 0.3) is 0 Å². The molecule has 9 nitrogen and oxygen atoms in total. The molecule has 3 heterocycles. The zero-order valence-electron chi connectivity index (χ0n) is 31.9. The van der Waals surface area contributed by atoms with Gasteiger partial charge in [-0.05, 0) is 109 Å². The molecule has 0 amide bonds. The first-order valence-electron chi connectivity index (χ1n) is 18.6. The van der Waals surface area contributed by atoms with Crippen LogP contribution in [0.1, 0.15) is 54.2 Å². The van der Waals surface area contributed by atoms with Gasteiger partial charge < -0.3 is 14.2 Å². The van der Waals surface area contributed by atoms with Crippen molar-refractivity contribution in [3.8, 4) is 22.8 Å². The van der Waals surface area contributed by atoms with Crippen LogP contribution in [0.15, 0.2) is 140 Å². The lowest BCUT2D eigenvalue weighted by atomic mass is 10.00. The van der Waals surface area contributed by atoms with Crippen LogP contribution in [0.4, 0.5) is 0 Å². The molecular weight excluding hydrogens is 715 g/mol. The van der Waals surface area contributed by atoms with Crippen molar-refractivity contribution in [3.05, 3.63) is 173 Å². The first-order chi connectivity index (χ1) is 27.9. The number of rotatable bonds is 14. The molecule has 0 fully saturated rings. The highest BCUT2D eigenvalue weighted by molar-refractivity contribution is 6.23. The molecule has 0 radical (unpaired) electrons. The predicted octanol–water partition coefficient (Wildman–Crippen LogP) is 9.52. The second-order valence-electron chi connectivity index (χ2n) is 12.6. The van der Waals surface area contributed by atoms with E-state index < -0.39 is 17.9 Å². The van der Waals surface area contributed by atoms with Crippen molar-refractivity contribution >= 4 is 52.9 Å². The van der Waals surface area contributed by atoms with Crippen molar-refractivity contribution in [2.45, 2.75) is 20.8 Å². The Morgan fingerprint density at radius 2 is 0.754 bits per heavy atom. The van der Waals surface area contributed by atoms with Gasteiger partial charge in [-0.25, -0.2) is 19.4 Å². The summed E-state index contributed by atoms with van der Waals surface area (Å²) >= 11 is 0. The minimum atomic E-state index is -0.473. The van der Waals surface area contributed by atoms with Gasteiger partial charge in [-0.2, -0.15) is 0 Å². The van der Waals surface area contributed by atoms with Crippen LogP contribution in [0.3, 0.4) is 0 Å². The van der Waals surface area contributed by atoms with E-state index in [1.165, 1.54) is 0 Å². The quantitative estimate of drug-likeness (QED) is 0.0609. The summed E-state index contributed by atoms with van der Waals surface area (Å²) < 4.78 is 16.3. The standard InChI is InChI=1S/C48H41N3O6/c1-4-55-46(52)39(36-16-10-7-11-17-36)26-33-22-24-49-42(29-33)44-31-35(28-41(48(54)57-6-3)38-20-14-9-15-21-38)32-45(51-44)43-30-34(23-25-50-43)27-40(47(53)56-5-2)37-18-12-8-13-19-37/h7-32H,4-6H2,1-3H3/b39-26+,40-27+,41-28+. The maximum Gasteiger partial charge on any atom is 0.338 e. The Morgan fingerprint density at radius 3 is 1.09 bits per heavy atom. The number of ether oxygens (including phenoxy) is 3. The average molecular weight is 756 g/mol. The van der Waals surface area contributed by atoms with Gasteiger partial charge in [-0.3, -0.25) is 9.97 Å². The van der Waals surface area contributed by atoms with Crippen molar-refractivity contribution in [2.75, 3.05) is 19.8 Å². The SMILES string of the molecule is CCOC(=O)/C(=C/c1ccnc(-c2cc(/C=C(/C(=O)OCC)c3ccccc3)cc(-c3cc(/C=C(/C(=O)OCC)c4ccccc4)ccn3)n2)c1)c1ccccc1. The van der Waals surface area contributed by atoms with Crippen LogP contribution in [0, 0.1) is 0 Å². The summed E-state index contributed by atoms with van der Waals surface area (Å²) in [6.07, 6.45) is 8.59. The Labute approximate surface area is 332 Å². The summed E-state index contributed by atoms with van der Waals surface area (Å²) in [4.78, 5) is 54.0. The smallest absolute Gasteiger partial charge is 0.338 e. The molecule has 0 spiro atoms. The van der Waals surface area contributed by atoms with E-state index >= 15 is 0 Å². The number of hydrogen-bond donors (Lipinski definition) is 0. The number of hydrogen-bond acceptors (Lipinski definition) is 9. The molecule has 6 rings (SSSR count). The van der Waals surface area contributed by atoms with Gasteiger partial charge in [0.1, 0.15) is 0 Å². The Hall–Kier alpha value is -7.26. The summed E-state index contributed by atoms with van der Waals surface area (Å²) in [5, 5.41) is 0. The second-order valence-corrected chi connectivity index (χ2v) is 12.6. The third-order valence-electron chi connectivity index (χ3n) is 8.61. The average Bonchev–Trinajstić information content (AvgIpc) is 3.25. The number of pyridine rings is 3. The molecule has 0 unspecified atom stereocenters. The van der Waals surface area contributed by atoms with Crippen molar-refractivity contribution in [1.29, 1.82) is 0 Å².